The number of oxime groups is 1. The molecule has 1 amide bonds. The number of halogens is 1. The summed E-state index contributed by atoms with van der Waals surface area (Å²) in [5.74, 6) is -1.50. The number of carboxylic acids is 1. The summed E-state index contributed by atoms with van der Waals surface area (Å²) in [6.07, 6.45) is 0.143. The third-order valence-corrected chi connectivity index (χ3v) is 2.09. The fourth-order valence-corrected chi connectivity index (χ4v) is 1.46. The second-order valence-electron chi connectivity index (χ2n) is 3.23. The second kappa shape index (κ2) is 4.97. The molecule has 1 aliphatic heterocycles. The van der Waals surface area contributed by atoms with E-state index in [-0.39, 0.29) is 12.5 Å². The maximum absolute atomic E-state index is 10.8. The van der Waals surface area contributed by atoms with Crippen molar-refractivity contribution < 1.29 is 19.5 Å². The number of nitrogens with zero attached hydrogens (tertiary/aromatic N) is 1. The molecule has 1 unspecified atom stereocenters. The van der Waals surface area contributed by atoms with Crippen molar-refractivity contribution >= 4 is 28.6 Å². The number of hydrogen-bond donors (Lipinski definition) is 2. The minimum absolute atomic E-state index is 0.147. The van der Waals surface area contributed by atoms with Crippen LogP contribution in [0.4, 0.5) is 0 Å². The number of carbonyl (C=O) groups excluding carboxylic acids is 1. The minimum Gasteiger partial charge on any atom is -0.480 e. The molecule has 0 aliphatic carbocycles. The highest BCUT2D eigenvalue weighted by molar-refractivity contribution is 6.65. The van der Waals surface area contributed by atoms with Crippen LogP contribution >= 0.6 is 11.6 Å². The van der Waals surface area contributed by atoms with Gasteiger partial charge in [-0.05, 0) is 0 Å². The van der Waals surface area contributed by atoms with Crippen molar-refractivity contribution in [2.24, 2.45) is 5.16 Å². The molecule has 2 atom stereocenters. The predicted octanol–water partition coefficient (Wildman–Crippen LogP) is 0.307. The third-order valence-electron chi connectivity index (χ3n) is 1.87. The van der Waals surface area contributed by atoms with Gasteiger partial charge < -0.3 is 15.3 Å². The van der Waals surface area contributed by atoms with Gasteiger partial charge in [0.05, 0.1) is 0 Å². The fourth-order valence-electron chi connectivity index (χ4n) is 1.25. The zero-order valence-electron chi connectivity index (χ0n) is 8.07. The molecule has 0 aromatic heterocycles. The molecule has 2 N–H and O–H groups in total. The molecule has 1 rings (SSSR count). The van der Waals surface area contributed by atoms with Gasteiger partial charge in [0, 0.05) is 19.8 Å². The van der Waals surface area contributed by atoms with Crippen molar-refractivity contribution in [2.75, 3.05) is 0 Å². The summed E-state index contributed by atoms with van der Waals surface area (Å²) < 4.78 is 0. The first-order chi connectivity index (χ1) is 6.99. The molecular weight excluding hydrogens is 224 g/mol. The highest BCUT2D eigenvalue weighted by atomic mass is 35.5. The van der Waals surface area contributed by atoms with E-state index in [0.29, 0.717) is 11.6 Å². The Kier molecular flexibility index (Phi) is 3.90. The Morgan fingerprint density at radius 3 is 2.87 bits per heavy atom. The topological polar surface area (TPSA) is 88.0 Å². The third kappa shape index (κ3) is 3.75. The van der Waals surface area contributed by atoms with Crippen LogP contribution in [0.1, 0.15) is 19.8 Å². The Balaban J connectivity index is 2.45. The molecule has 6 nitrogen and oxygen atoms in total. The van der Waals surface area contributed by atoms with Gasteiger partial charge in [0.2, 0.25) is 5.91 Å². The van der Waals surface area contributed by atoms with E-state index in [9.17, 15) is 9.59 Å². The van der Waals surface area contributed by atoms with Gasteiger partial charge >= 0.3 is 5.97 Å². The maximum Gasteiger partial charge on any atom is 0.326 e. The molecule has 0 aromatic carbocycles. The van der Waals surface area contributed by atoms with Gasteiger partial charge in [0.1, 0.15) is 17.3 Å². The van der Waals surface area contributed by atoms with Crippen LogP contribution in [0, 0.1) is 0 Å². The maximum atomic E-state index is 10.8. The minimum atomic E-state index is -1.10. The summed E-state index contributed by atoms with van der Waals surface area (Å²) in [4.78, 5) is 26.4. The summed E-state index contributed by atoms with van der Waals surface area (Å²) in [6.45, 7) is 1.26. The van der Waals surface area contributed by atoms with Crippen LogP contribution in [-0.2, 0) is 14.4 Å². The monoisotopic (exact) mass is 234 g/mol. The Bertz CT molecular complexity index is 305. The molecule has 0 radical (unpaired) electrons. The number of carbonyl (C=O) groups is 2. The SMILES string of the molecule is CC(=O)N[C@@H](CC1CC(Cl)=NO1)C(=O)O. The van der Waals surface area contributed by atoms with Crippen LogP contribution < -0.4 is 5.32 Å². The van der Waals surface area contributed by atoms with E-state index in [1.807, 2.05) is 0 Å². The zero-order valence-corrected chi connectivity index (χ0v) is 8.82. The van der Waals surface area contributed by atoms with Crippen molar-refractivity contribution in [3.05, 3.63) is 0 Å². The van der Waals surface area contributed by atoms with E-state index in [1.54, 1.807) is 0 Å². The molecule has 0 saturated heterocycles. The lowest BCUT2D eigenvalue weighted by molar-refractivity contribution is -0.142. The molecule has 7 heteroatoms. The van der Waals surface area contributed by atoms with Crippen molar-refractivity contribution in [2.45, 2.75) is 31.9 Å². The molecule has 1 heterocycles. The Morgan fingerprint density at radius 2 is 2.47 bits per heavy atom. The van der Waals surface area contributed by atoms with Crippen LogP contribution in [0.3, 0.4) is 0 Å². The summed E-state index contributed by atoms with van der Waals surface area (Å²) in [5.41, 5.74) is 0. The van der Waals surface area contributed by atoms with Gasteiger partial charge in [-0.3, -0.25) is 4.79 Å². The van der Waals surface area contributed by atoms with Gasteiger partial charge in [0.25, 0.3) is 0 Å². The molecule has 0 saturated carbocycles. The molecule has 15 heavy (non-hydrogen) atoms. The normalized spacial score (nSPS) is 21.5. The van der Waals surface area contributed by atoms with Gasteiger partial charge in [-0.25, -0.2) is 4.79 Å². The Labute approximate surface area is 91.2 Å². The number of nitrogens with one attached hydrogen (secondary N) is 1. The zero-order chi connectivity index (χ0) is 11.4. The average Bonchev–Trinajstić information content (AvgIpc) is 2.49. The van der Waals surface area contributed by atoms with Crippen molar-refractivity contribution in [1.82, 2.24) is 5.32 Å². The average molecular weight is 235 g/mol. The van der Waals surface area contributed by atoms with E-state index in [4.69, 9.17) is 21.5 Å². The summed E-state index contributed by atoms with van der Waals surface area (Å²) >= 11 is 5.57. The lowest BCUT2D eigenvalue weighted by Crippen LogP contribution is -2.41. The van der Waals surface area contributed by atoms with Crippen LogP contribution in [0.5, 0.6) is 0 Å². The molecule has 0 spiro atoms. The molecule has 84 valence electrons. The van der Waals surface area contributed by atoms with Crippen molar-refractivity contribution in [1.29, 1.82) is 0 Å². The Morgan fingerprint density at radius 1 is 1.80 bits per heavy atom. The van der Waals surface area contributed by atoms with E-state index >= 15 is 0 Å². The van der Waals surface area contributed by atoms with Crippen molar-refractivity contribution in [3.8, 4) is 0 Å². The smallest absolute Gasteiger partial charge is 0.326 e. The molecular formula is C8H11ClN2O4. The number of amides is 1. The second-order valence-corrected chi connectivity index (χ2v) is 3.66. The first-order valence-electron chi connectivity index (χ1n) is 4.37. The lowest BCUT2D eigenvalue weighted by Gasteiger charge is -2.15. The first-order valence-corrected chi connectivity index (χ1v) is 4.75. The summed E-state index contributed by atoms with van der Waals surface area (Å²) in [6, 6.07) is -0.967. The largest absolute Gasteiger partial charge is 0.480 e. The van der Waals surface area contributed by atoms with Crippen LogP contribution in [-0.4, -0.2) is 34.3 Å². The number of aliphatic carboxylic acids is 1. The predicted molar refractivity (Wildman–Crippen MR) is 52.6 cm³/mol. The molecule has 0 aromatic rings. The highest BCUT2D eigenvalue weighted by Crippen LogP contribution is 2.17. The number of carboxylic acid groups (broad SMARTS) is 1. The fraction of sp³-hybridized carbons (Fsp3) is 0.625. The van der Waals surface area contributed by atoms with E-state index < -0.39 is 17.9 Å². The van der Waals surface area contributed by atoms with Gasteiger partial charge in [-0.1, -0.05) is 16.8 Å². The molecule has 0 fully saturated rings. The number of hydrogen-bond acceptors (Lipinski definition) is 4. The van der Waals surface area contributed by atoms with E-state index in [2.05, 4.69) is 10.5 Å². The standard InChI is InChI=1S/C8H11ClN2O4/c1-4(12)10-6(8(13)14)2-5-3-7(9)11-15-5/h5-6H,2-3H2,1H3,(H,10,12)(H,13,14)/t5?,6-/m0/s1. The molecule has 0 bridgehead atoms. The van der Waals surface area contributed by atoms with Gasteiger partial charge in [-0.2, -0.15) is 0 Å². The first kappa shape index (κ1) is 11.8. The number of rotatable bonds is 4. The van der Waals surface area contributed by atoms with Crippen LogP contribution in [0.25, 0.3) is 0 Å². The quantitative estimate of drug-likeness (QED) is 0.733. The van der Waals surface area contributed by atoms with Gasteiger partial charge in [-0.15, -0.1) is 0 Å². The van der Waals surface area contributed by atoms with Crippen LogP contribution in [0.2, 0.25) is 0 Å². The van der Waals surface area contributed by atoms with E-state index in [0.717, 1.165) is 0 Å². The van der Waals surface area contributed by atoms with E-state index in [1.165, 1.54) is 6.92 Å². The van der Waals surface area contributed by atoms with Gasteiger partial charge in [0.15, 0.2) is 0 Å². The summed E-state index contributed by atoms with van der Waals surface area (Å²) in [7, 11) is 0. The van der Waals surface area contributed by atoms with Crippen LogP contribution in [0.15, 0.2) is 5.16 Å². The Hall–Kier alpha value is -1.30. The molecule has 1 aliphatic rings. The van der Waals surface area contributed by atoms with Crippen molar-refractivity contribution in [3.63, 3.8) is 0 Å². The highest BCUT2D eigenvalue weighted by Gasteiger charge is 2.28. The summed E-state index contributed by atoms with van der Waals surface area (Å²) in [5, 5.41) is 14.9. The lowest BCUT2D eigenvalue weighted by atomic mass is 10.1.